The molecule has 0 bridgehead atoms. The molecule has 7 heteroatoms. The van der Waals surface area contributed by atoms with E-state index in [2.05, 4.69) is 0 Å². The van der Waals surface area contributed by atoms with Gasteiger partial charge in [0, 0.05) is 37.0 Å². The second-order valence-electron chi connectivity index (χ2n) is 1.55. The van der Waals surface area contributed by atoms with Crippen LogP contribution in [0.2, 0.25) is 0 Å². The average molecular weight is 208 g/mol. The van der Waals surface area contributed by atoms with Gasteiger partial charge in [0.15, 0.2) is 0 Å². The highest BCUT2D eigenvalue weighted by Crippen LogP contribution is 2.13. The Labute approximate surface area is 84.4 Å². The standard InChI is InChI=1S/C4H10N2.C2HF3O2/c1-2-6-4-3-5-1;3-2(4,5)1(6)7/h5-6H,1-4H2;(H,6,7)/i1D2,2D2,3D2,4D2;. The van der Waals surface area contributed by atoms with Gasteiger partial charge < -0.3 is 15.7 Å². The van der Waals surface area contributed by atoms with Crippen LogP contribution in [-0.4, -0.2) is 43.2 Å². The van der Waals surface area contributed by atoms with Crippen molar-refractivity contribution in [3.05, 3.63) is 0 Å². The van der Waals surface area contributed by atoms with Crippen molar-refractivity contribution >= 4 is 5.97 Å². The molecule has 0 aromatic heterocycles. The van der Waals surface area contributed by atoms with Crippen LogP contribution in [0.5, 0.6) is 0 Å². The van der Waals surface area contributed by atoms with E-state index < -0.39 is 38.1 Å². The smallest absolute Gasteiger partial charge is 0.475 e. The fourth-order valence-electron chi connectivity index (χ4n) is 0.188. The predicted octanol–water partition coefficient (Wildman–Crippen LogP) is -0.187. The van der Waals surface area contributed by atoms with E-state index in [1.165, 1.54) is 0 Å². The number of carbonyl (C=O) groups is 1. The van der Waals surface area contributed by atoms with E-state index in [0.29, 0.717) is 0 Å². The van der Waals surface area contributed by atoms with Crippen LogP contribution in [0.1, 0.15) is 11.0 Å². The number of hydrogen-bond acceptors (Lipinski definition) is 3. The van der Waals surface area contributed by atoms with Gasteiger partial charge in [-0.05, 0) is 0 Å². The Hall–Kier alpha value is -0.820. The minimum atomic E-state index is -5.08. The zero-order valence-corrected chi connectivity index (χ0v) is 5.99. The molecule has 1 heterocycles. The lowest BCUT2D eigenvalue weighted by Gasteiger charge is -2.11. The van der Waals surface area contributed by atoms with Crippen molar-refractivity contribution in [3.8, 4) is 0 Å². The lowest BCUT2D eigenvalue weighted by molar-refractivity contribution is -0.192. The monoisotopic (exact) mass is 208 g/mol. The summed E-state index contributed by atoms with van der Waals surface area (Å²) in [4.78, 5) is 8.90. The molecular formula is C6H11F3N2O2. The Morgan fingerprint density at radius 2 is 1.46 bits per heavy atom. The maximum Gasteiger partial charge on any atom is 0.490 e. The molecule has 0 atom stereocenters. The SMILES string of the molecule is O=C(O)C(F)(F)F.[2H]C1([2H])NC([2H])([2H])C([2H])([2H])NC1([2H])[2H]. The van der Waals surface area contributed by atoms with Crippen LogP contribution in [0, 0.1) is 0 Å². The van der Waals surface area contributed by atoms with Crippen LogP contribution in [0.15, 0.2) is 0 Å². The molecule has 3 N–H and O–H groups in total. The van der Waals surface area contributed by atoms with Gasteiger partial charge in [0.1, 0.15) is 0 Å². The predicted molar refractivity (Wildman–Crippen MR) is 39.4 cm³/mol. The van der Waals surface area contributed by atoms with Crippen molar-refractivity contribution in [2.45, 2.75) is 6.18 Å². The quantitative estimate of drug-likeness (QED) is 0.516. The van der Waals surface area contributed by atoms with Crippen LogP contribution in [0.25, 0.3) is 0 Å². The first-order valence-corrected chi connectivity index (χ1v) is 2.74. The van der Waals surface area contributed by atoms with Crippen molar-refractivity contribution in [1.82, 2.24) is 10.6 Å². The molecular weight excluding hydrogens is 189 g/mol. The van der Waals surface area contributed by atoms with Gasteiger partial charge in [0.2, 0.25) is 0 Å². The van der Waals surface area contributed by atoms with E-state index in [-0.39, 0.29) is 0 Å². The third kappa shape index (κ3) is 7.54. The third-order valence-corrected chi connectivity index (χ3v) is 0.618. The Morgan fingerprint density at radius 3 is 1.62 bits per heavy atom. The molecule has 0 aliphatic carbocycles. The number of alkyl halides is 3. The second kappa shape index (κ2) is 5.76. The van der Waals surface area contributed by atoms with E-state index in [9.17, 15) is 13.2 Å². The van der Waals surface area contributed by atoms with Crippen molar-refractivity contribution in [1.29, 1.82) is 0 Å². The van der Waals surface area contributed by atoms with Crippen molar-refractivity contribution in [2.24, 2.45) is 0 Å². The summed E-state index contributed by atoms with van der Waals surface area (Å²) >= 11 is 0. The minimum absolute atomic E-state index is 1.67. The van der Waals surface area contributed by atoms with Gasteiger partial charge in [-0.15, -0.1) is 0 Å². The van der Waals surface area contributed by atoms with Crippen LogP contribution >= 0.6 is 0 Å². The van der Waals surface area contributed by atoms with Crippen molar-refractivity contribution < 1.29 is 34.0 Å². The number of rotatable bonds is 0. The molecule has 0 spiro atoms. The molecule has 1 fully saturated rings. The average Bonchev–Trinajstić information content (AvgIpc) is 2.10. The highest BCUT2D eigenvalue weighted by Gasteiger charge is 2.38. The summed E-state index contributed by atoms with van der Waals surface area (Å²) in [5, 5.41) is 10.5. The maximum absolute atomic E-state index is 10.6. The van der Waals surface area contributed by atoms with E-state index in [1.54, 1.807) is 10.6 Å². The van der Waals surface area contributed by atoms with E-state index >= 15 is 0 Å². The molecule has 78 valence electrons. The molecule has 1 aliphatic rings. The molecule has 1 aliphatic heterocycles. The fourth-order valence-corrected chi connectivity index (χ4v) is 0.188. The summed E-state index contributed by atoms with van der Waals surface area (Å²) in [7, 11) is 0. The number of carboxylic acid groups (broad SMARTS) is 1. The lowest BCUT2D eigenvalue weighted by atomic mass is 10.4. The van der Waals surface area contributed by atoms with Crippen molar-refractivity contribution in [3.63, 3.8) is 0 Å². The van der Waals surface area contributed by atoms with Crippen molar-refractivity contribution in [2.75, 3.05) is 26.0 Å². The number of piperazine rings is 1. The molecule has 0 aromatic carbocycles. The third-order valence-electron chi connectivity index (χ3n) is 0.618. The molecule has 0 unspecified atom stereocenters. The summed E-state index contributed by atoms with van der Waals surface area (Å²) in [5.74, 6) is -2.76. The van der Waals surface area contributed by atoms with Gasteiger partial charge in [-0.3, -0.25) is 0 Å². The maximum atomic E-state index is 10.6. The van der Waals surface area contributed by atoms with E-state index in [0.717, 1.165) is 0 Å². The van der Waals surface area contributed by atoms with Crippen LogP contribution in [-0.2, 0) is 4.79 Å². The van der Waals surface area contributed by atoms with E-state index in [4.69, 9.17) is 20.9 Å². The van der Waals surface area contributed by atoms with Crippen LogP contribution < -0.4 is 10.6 Å². The molecule has 0 saturated carbocycles. The summed E-state index contributed by atoms with van der Waals surface area (Å²) in [6.07, 6.45) is -5.08. The van der Waals surface area contributed by atoms with Crippen LogP contribution in [0.4, 0.5) is 13.2 Å². The number of halogens is 3. The summed E-state index contributed by atoms with van der Waals surface area (Å²) in [5.41, 5.74) is 0. The minimum Gasteiger partial charge on any atom is -0.475 e. The summed E-state index contributed by atoms with van der Waals surface area (Å²) in [6, 6.07) is 0. The molecule has 13 heavy (non-hydrogen) atoms. The van der Waals surface area contributed by atoms with Gasteiger partial charge in [0.25, 0.3) is 0 Å². The molecule has 0 aromatic rings. The van der Waals surface area contributed by atoms with Crippen LogP contribution in [0.3, 0.4) is 0 Å². The number of hydrogen-bond donors (Lipinski definition) is 3. The Bertz CT molecular complexity index is 363. The lowest BCUT2D eigenvalue weighted by Crippen LogP contribution is -2.39. The highest BCUT2D eigenvalue weighted by atomic mass is 19.4. The Balaban J connectivity index is 0.000000486. The first-order valence-electron chi connectivity index (χ1n) is 6.74. The topological polar surface area (TPSA) is 61.4 Å². The zero-order valence-electron chi connectivity index (χ0n) is 14.0. The Kier molecular flexibility index (Phi) is 1.83. The molecule has 1 rings (SSSR count). The summed E-state index contributed by atoms with van der Waals surface area (Å²) < 4.78 is 89.1. The summed E-state index contributed by atoms with van der Waals surface area (Å²) in [6.45, 7) is -10.7. The number of carboxylic acids is 1. The van der Waals surface area contributed by atoms with Gasteiger partial charge >= 0.3 is 12.1 Å². The number of aliphatic carboxylic acids is 1. The van der Waals surface area contributed by atoms with Gasteiger partial charge in [-0.2, -0.15) is 13.2 Å². The molecule has 0 radical (unpaired) electrons. The largest absolute Gasteiger partial charge is 0.490 e. The second-order valence-corrected chi connectivity index (χ2v) is 1.55. The molecule has 1 saturated heterocycles. The van der Waals surface area contributed by atoms with Gasteiger partial charge in [-0.25, -0.2) is 4.79 Å². The normalized spacial score (nSPS) is 41.8. The number of nitrogens with one attached hydrogen (secondary N) is 2. The molecule has 4 nitrogen and oxygen atoms in total. The van der Waals surface area contributed by atoms with E-state index in [1.807, 2.05) is 0 Å². The zero-order chi connectivity index (χ0) is 17.5. The van der Waals surface area contributed by atoms with Gasteiger partial charge in [0.05, 0.1) is 0 Å². The van der Waals surface area contributed by atoms with Gasteiger partial charge in [-0.1, -0.05) is 0 Å². The fraction of sp³-hybridized carbons (Fsp3) is 0.833. The molecule has 0 amide bonds. The first kappa shape index (κ1) is 4.14. The Morgan fingerprint density at radius 1 is 1.23 bits per heavy atom. The highest BCUT2D eigenvalue weighted by molar-refractivity contribution is 5.73. The first-order chi connectivity index (χ1) is 8.86.